The van der Waals surface area contributed by atoms with E-state index in [0.717, 1.165) is 38.0 Å². The Morgan fingerprint density at radius 3 is 2.67 bits per heavy atom. The Labute approximate surface area is 143 Å². The number of para-hydroxylation sites is 1. The molecular weight excluding hydrogens is 300 g/mol. The molecule has 0 aliphatic carbocycles. The SMILES string of the molecule is CCc1ccccc1Nc1cc(C(=O)N2CCCCC2)nc(C)n1. The van der Waals surface area contributed by atoms with Crippen molar-refractivity contribution in [1.29, 1.82) is 0 Å². The number of nitrogens with zero attached hydrogens (tertiary/aromatic N) is 3. The van der Waals surface area contributed by atoms with Gasteiger partial charge >= 0.3 is 0 Å². The zero-order chi connectivity index (χ0) is 16.9. The lowest BCUT2D eigenvalue weighted by molar-refractivity contribution is 0.0718. The Kier molecular flexibility index (Phi) is 5.08. The number of piperidine rings is 1. The lowest BCUT2D eigenvalue weighted by Crippen LogP contribution is -2.36. The maximum Gasteiger partial charge on any atom is 0.272 e. The summed E-state index contributed by atoms with van der Waals surface area (Å²) >= 11 is 0. The van der Waals surface area contributed by atoms with Gasteiger partial charge in [0.05, 0.1) is 0 Å². The van der Waals surface area contributed by atoms with Gasteiger partial charge in [0.2, 0.25) is 0 Å². The van der Waals surface area contributed by atoms with Gasteiger partial charge in [0.15, 0.2) is 0 Å². The molecule has 5 nitrogen and oxygen atoms in total. The summed E-state index contributed by atoms with van der Waals surface area (Å²) in [7, 11) is 0. The average Bonchev–Trinajstić information content (AvgIpc) is 2.62. The first kappa shape index (κ1) is 16.4. The van der Waals surface area contributed by atoms with Crippen LogP contribution in [0, 0.1) is 6.92 Å². The van der Waals surface area contributed by atoms with Gasteiger partial charge in [-0.3, -0.25) is 4.79 Å². The molecule has 1 saturated heterocycles. The number of aromatic nitrogens is 2. The zero-order valence-electron chi connectivity index (χ0n) is 14.4. The number of amides is 1. The summed E-state index contributed by atoms with van der Waals surface area (Å²) in [5.41, 5.74) is 2.72. The van der Waals surface area contributed by atoms with E-state index >= 15 is 0 Å². The van der Waals surface area contributed by atoms with Gasteiger partial charge in [0.25, 0.3) is 5.91 Å². The molecule has 1 N–H and O–H groups in total. The second kappa shape index (κ2) is 7.43. The van der Waals surface area contributed by atoms with Gasteiger partial charge in [-0.2, -0.15) is 0 Å². The van der Waals surface area contributed by atoms with Crippen LogP contribution in [-0.4, -0.2) is 33.9 Å². The fourth-order valence-electron chi connectivity index (χ4n) is 3.09. The molecule has 5 heteroatoms. The molecule has 0 bridgehead atoms. The van der Waals surface area contributed by atoms with Crippen LogP contribution in [0.25, 0.3) is 0 Å². The van der Waals surface area contributed by atoms with Crippen molar-refractivity contribution in [1.82, 2.24) is 14.9 Å². The van der Waals surface area contributed by atoms with Gasteiger partial charge in [-0.15, -0.1) is 0 Å². The highest BCUT2D eigenvalue weighted by Crippen LogP contribution is 2.21. The Balaban J connectivity index is 1.84. The highest BCUT2D eigenvalue weighted by Gasteiger charge is 2.20. The molecule has 126 valence electrons. The van der Waals surface area contributed by atoms with Crippen LogP contribution < -0.4 is 5.32 Å². The average molecular weight is 324 g/mol. The van der Waals surface area contributed by atoms with E-state index in [4.69, 9.17) is 0 Å². The second-order valence-electron chi connectivity index (χ2n) is 6.17. The number of aryl methyl sites for hydroxylation is 2. The van der Waals surface area contributed by atoms with Crippen LogP contribution in [0.1, 0.15) is 48.1 Å². The predicted octanol–water partition coefficient (Wildman–Crippen LogP) is 3.72. The van der Waals surface area contributed by atoms with E-state index in [9.17, 15) is 4.79 Å². The molecule has 24 heavy (non-hydrogen) atoms. The molecule has 1 aromatic carbocycles. The third kappa shape index (κ3) is 3.72. The smallest absolute Gasteiger partial charge is 0.272 e. The lowest BCUT2D eigenvalue weighted by atomic mass is 10.1. The van der Waals surface area contributed by atoms with E-state index in [-0.39, 0.29) is 5.91 Å². The minimum atomic E-state index is 0.00651. The Bertz CT molecular complexity index is 723. The minimum absolute atomic E-state index is 0.00651. The largest absolute Gasteiger partial charge is 0.340 e. The molecule has 3 rings (SSSR count). The lowest BCUT2D eigenvalue weighted by Gasteiger charge is -2.26. The van der Waals surface area contributed by atoms with E-state index < -0.39 is 0 Å². The van der Waals surface area contributed by atoms with Gasteiger partial charge in [-0.05, 0) is 44.2 Å². The quantitative estimate of drug-likeness (QED) is 0.931. The van der Waals surface area contributed by atoms with Crippen molar-refractivity contribution in [3.63, 3.8) is 0 Å². The van der Waals surface area contributed by atoms with E-state index in [1.807, 2.05) is 30.0 Å². The molecule has 0 saturated carbocycles. The zero-order valence-corrected chi connectivity index (χ0v) is 14.4. The number of carbonyl (C=O) groups excluding carboxylic acids is 1. The molecule has 0 atom stereocenters. The molecule has 1 aliphatic heterocycles. The summed E-state index contributed by atoms with van der Waals surface area (Å²) in [6.07, 6.45) is 4.29. The topological polar surface area (TPSA) is 58.1 Å². The number of hydrogen-bond acceptors (Lipinski definition) is 4. The van der Waals surface area contributed by atoms with E-state index in [1.165, 1.54) is 12.0 Å². The van der Waals surface area contributed by atoms with Crippen LogP contribution in [0.5, 0.6) is 0 Å². The van der Waals surface area contributed by atoms with Crippen LogP contribution in [0.3, 0.4) is 0 Å². The highest BCUT2D eigenvalue weighted by atomic mass is 16.2. The minimum Gasteiger partial charge on any atom is -0.340 e. The van der Waals surface area contributed by atoms with Crippen LogP contribution in [0.2, 0.25) is 0 Å². The molecule has 2 aromatic rings. The van der Waals surface area contributed by atoms with Crippen molar-refractivity contribution >= 4 is 17.4 Å². The molecule has 2 heterocycles. The van der Waals surface area contributed by atoms with Gasteiger partial charge < -0.3 is 10.2 Å². The van der Waals surface area contributed by atoms with Gasteiger partial charge in [0.1, 0.15) is 17.3 Å². The summed E-state index contributed by atoms with van der Waals surface area (Å²) in [6.45, 7) is 5.59. The van der Waals surface area contributed by atoms with Crippen molar-refractivity contribution in [3.8, 4) is 0 Å². The van der Waals surface area contributed by atoms with Crippen molar-refractivity contribution in [3.05, 3.63) is 47.4 Å². The number of hydrogen-bond donors (Lipinski definition) is 1. The fraction of sp³-hybridized carbons (Fsp3) is 0.421. The molecule has 0 radical (unpaired) electrons. The summed E-state index contributed by atoms with van der Waals surface area (Å²) in [5.74, 6) is 1.28. The maximum atomic E-state index is 12.7. The number of rotatable bonds is 4. The van der Waals surface area contributed by atoms with E-state index in [1.54, 1.807) is 6.07 Å². The molecule has 1 fully saturated rings. The van der Waals surface area contributed by atoms with Crippen LogP contribution in [-0.2, 0) is 6.42 Å². The van der Waals surface area contributed by atoms with Gasteiger partial charge in [0, 0.05) is 24.8 Å². The summed E-state index contributed by atoms with van der Waals surface area (Å²) in [6, 6.07) is 9.91. The van der Waals surface area contributed by atoms with Crippen molar-refractivity contribution in [2.45, 2.75) is 39.5 Å². The number of benzene rings is 1. The van der Waals surface area contributed by atoms with Crippen LogP contribution in [0.4, 0.5) is 11.5 Å². The monoisotopic (exact) mass is 324 g/mol. The number of likely N-dealkylation sites (tertiary alicyclic amines) is 1. The predicted molar refractivity (Wildman–Crippen MR) is 95.6 cm³/mol. The van der Waals surface area contributed by atoms with Gasteiger partial charge in [-0.1, -0.05) is 25.1 Å². The highest BCUT2D eigenvalue weighted by molar-refractivity contribution is 5.93. The van der Waals surface area contributed by atoms with Gasteiger partial charge in [-0.25, -0.2) is 9.97 Å². The first-order valence-corrected chi connectivity index (χ1v) is 8.67. The number of anilines is 2. The fourth-order valence-corrected chi connectivity index (χ4v) is 3.09. The third-order valence-electron chi connectivity index (χ3n) is 4.36. The molecule has 1 aromatic heterocycles. The number of carbonyl (C=O) groups is 1. The Hall–Kier alpha value is -2.43. The molecular formula is C19H24N4O. The van der Waals surface area contributed by atoms with E-state index in [2.05, 4.69) is 28.3 Å². The summed E-state index contributed by atoms with van der Waals surface area (Å²) < 4.78 is 0. The van der Waals surface area contributed by atoms with E-state index in [0.29, 0.717) is 17.3 Å². The maximum absolute atomic E-state index is 12.7. The standard InChI is InChI=1S/C19H24N4O/c1-3-15-9-5-6-10-16(15)22-18-13-17(20-14(2)21-18)19(24)23-11-7-4-8-12-23/h5-6,9-10,13H,3-4,7-8,11-12H2,1-2H3,(H,20,21,22). The number of nitrogens with one attached hydrogen (secondary N) is 1. The van der Waals surface area contributed by atoms with Crippen LogP contribution >= 0.6 is 0 Å². The first-order valence-electron chi connectivity index (χ1n) is 8.67. The molecule has 0 spiro atoms. The molecule has 0 unspecified atom stereocenters. The molecule has 1 amide bonds. The summed E-state index contributed by atoms with van der Waals surface area (Å²) in [5, 5.41) is 3.34. The second-order valence-corrected chi connectivity index (χ2v) is 6.17. The third-order valence-corrected chi connectivity index (χ3v) is 4.36. The first-order chi connectivity index (χ1) is 11.7. The van der Waals surface area contributed by atoms with Crippen molar-refractivity contribution in [2.24, 2.45) is 0 Å². The summed E-state index contributed by atoms with van der Waals surface area (Å²) in [4.78, 5) is 23.4. The Morgan fingerprint density at radius 2 is 1.92 bits per heavy atom. The van der Waals surface area contributed by atoms with Crippen molar-refractivity contribution < 1.29 is 4.79 Å². The molecule has 1 aliphatic rings. The van der Waals surface area contributed by atoms with Crippen molar-refractivity contribution in [2.75, 3.05) is 18.4 Å². The normalized spacial score (nSPS) is 14.5. The Morgan fingerprint density at radius 1 is 1.17 bits per heavy atom. The van der Waals surface area contributed by atoms with Crippen LogP contribution in [0.15, 0.2) is 30.3 Å².